The van der Waals surface area contributed by atoms with Crippen molar-refractivity contribution < 1.29 is 4.52 Å². The van der Waals surface area contributed by atoms with E-state index in [9.17, 15) is 0 Å². The minimum atomic E-state index is -0.716. The second kappa shape index (κ2) is 7.02. The lowest BCUT2D eigenvalue weighted by Gasteiger charge is -2.20. The van der Waals surface area contributed by atoms with Crippen molar-refractivity contribution in [2.75, 3.05) is 6.61 Å². The van der Waals surface area contributed by atoms with Crippen LogP contribution in [0.15, 0.2) is 48.5 Å². The van der Waals surface area contributed by atoms with Gasteiger partial charge in [-0.05, 0) is 31.9 Å². The molecule has 0 aliphatic heterocycles. The van der Waals surface area contributed by atoms with E-state index in [-0.39, 0.29) is 0 Å². The molecule has 2 rings (SSSR count). The molecule has 0 aromatic heterocycles. The predicted molar refractivity (Wildman–Crippen MR) is 89.3 cm³/mol. The van der Waals surface area contributed by atoms with Crippen molar-refractivity contribution in [3.8, 4) is 0 Å². The summed E-state index contributed by atoms with van der Waals surface area (Å²) in [7, 11) is -0.716. The molecule has 0 spiro atoms. The number of aryl methyl sites for hydroxylation is 2. The van der Waals surface area contributed by atoms with Crippen LogP contribution in [0.2, 0.25) is 0 Å². The van der Waals surface area contributed by atoms with Crippen LogP contribution in [0.5, 0.6) is 0 Å². The van der Waals surface area contributed by atoms with E-state index in [1.54, 1.807) is 0 Å². The number of benzene rings is 2. The Hall–Kier alpha value is -1.17. The molecular weight excluding hydrogens is 263 g/mol. The largest absolute Gasteiger partial charge is 0.349 e. The Morgan fingerprint density at radius 1 is 0.900 bits per heavy atom. The normalized spacial score (nSPS) is 11.3. The van der Waals surface area contributed by atoms with Crippen LogP contribution in [-0.4, -0.2) is 6.61 Å². The molecular formula is C18H23OP. The summed E-state index contributed by atoms with van der Waals surface area (Å²) in [4.78, 5) is 0. The third kappa shape index (κ3) is 4.16. The first-order chi connectivity index (χ1) is 9.56. The van der Waals surface area contributed by atoms with Crippen LogP contribution in [0, 0.1) is 19.8 Å². The molecule has 0 radical (unpaired) electrons. The first-order valence-corrected chi connectivity index (χ1v) is 8.38. The van der Waals surface area contributed by atoms with Gasteiger partial charge >= 0.3 is 0 Å². The van der Waals surface area contributed by atoms with Crippen LogP contribution in [0.4, 0.5) is 0 Å². The Morgan fingerprint density at radius 3 is 1.80 bits per heavy atom. The van der Waals surface area contributed by atoms with E-state index in [4.69, 9.17) is 4.52 Å². The van der Waals surface area contributed by atoms with Crippen LogP contribution in [0.3, 0.4) is 0 Å². The van der Waals surface area contributed by atoms with Gasteiger partial charge in [-0.3, -0.25) is 0 Å². The Labute approximate surface area is 123 Å². The predicted octanol–water partition coefficient (Wildman–Crippen LogP) is 4.32. The molecule has 0 heterocycles. The maximum atomic E-state index is 6.25. The average molecular weight is 286 g/mol. The van der Waals surface area contributed by atoms with Gasteiger partial charge in [0.15, 0.2) is 0 Å². The topological polar surface area (TPSA) is 9.23 Å². The van der Waals surface area contributed by atoms with Gasteiger partial charge < -0.3 is 4.52 Å². The lowest BCUT2D eigenvalue weighted by atomic mass is 10.2. The fraction of sp³-hybridized carbons (Fsp3) is 0.333. The summed E-state index contributed by atoms with van der Waals surface area (Å²) in [6.07, 6.45) is 0. The van der Waals surface area contributed by atoms with Crippen molar-refractivity contribution in [2.45, 2.75) is 27.7 Å². The number of rotatable bonds is 5. The lowest BCUT2D eigenvalue weighted by molar-refractivity contribution is 0.305. The molecule has 20 heavy (non-hydrogen) atoms. The van der Waals surface area contributed by atoms with Crippen molar-refractivity contribution in [1.29, 1.82) is 0 Å². The second-order valence-corrected chi connectivity index (χ2v) is 7.54. The fourth-order valence-electron chi connectivity index (χ4n) is 2.03. The zero-order chi connectivity index (χ0) is 14.5. The fourth-order valence-corrected chi connectivity index (χ4v) is 4.16. The molecule has 0 aliphatic carbocycles. The lowest BCUT2D eigenvalue weighted by Crippen LogP contribution is -2.16. The van der Waals surface area contributed by atoms with Crippen LogP contribution in [0.25, 0.3) is 0 Å². The van der Waals surface area contributed by atoms with E-state index in [0.29, 0.717) is 5.92 Å². The van der Waals surface area contributed by atoms with Gasteiger partial charge in [0.25, 0.3) is 0 Å². The molecule has 2 aromatic rings. The van der Waals surface area contributed by atoms with Crippen molar-refractivity contribution in [2.24, 2.45) is 5.92 Å². The smallest absolute Gasteiger partial charge is 0.0917 e. The van der Waals surface area contributed by atoms with E-state index in [1.807, 2.05) is 0 Å². The summed E-state index contributed by atoms with van der Waals surface area (Å²) in [6, 6.07) is 17.4. The zero-order valence-electron chi connectivity index (χ0n) is 12.8. The van der Waals surface area contributed by atoms with Crippen LogP contribution in [-0.2, 0) is 4.52 Å². The molecule has 0 unspecified atom stereocenters. The van der Waals surface area contributed by atoms with Gasteiger partial charge in [-0.25, -0.2) is 0 Å². The summed E-state index contributed by atoms with van der Waals surface area (Å²) >= 11 is 0. The third-order valence-electron chi connectivity index (χ3n) is 3.01. The summed E-state index contributed by atoms with van der Waals surface area (Å²) in [5.74, 6) is 0.551. The summed E-state index contributed by atoms with van der Waals surface area (Å²) in [5, 5.41) is 2.59. The van der Waals surface area contributed by atoms with E-state index < -0.39 is 8.15 Å². The van der Waals surface area contributed by atoms with E-state index in [1.165, 1.54) is 21.7 Å². The molecule has 0 saturated heterocycles. The van der Waals surface area contributed by atoms with Gasteiger partial charge in [0, 0.05) is 10.6 Å². The minimum absolute atomic E-state index is 0.551. The van der Waals surface area contributed by atoms with Gasteiger partial charge in [0.1, 0.15) is 0 Å². The highest BCUT2D eigenvalue weighted by Gasteiger charge is 2.16. The maximum absolute atomic E-state index is 6.25. The highest BCUT2D eigenvalue weighted by atomic mass is 31.1. The standard InChI is InChI=1S/C18H23OP/c1-14(2)13-19-20(17-9-5-7-15(3)11-17)18-10-6-8-16(4)12-18/h5-12,14H,13H2,1-4H3. The Morgan fingerprint density at radius 2 is 1.40 bits per heavy atom. The molecule has 0 fully saturated rings. The molecule has 1 nitrogen and oxygen atoms in total. The molecule has 0 aliphatic rings. The first-order valence-electron chi connectivity index (χ1n) is 7.12. The molecule has 2 heteroatoms. The van der Waals surface area contributed by atoms with Crippen LogP contribution < -0.4 is 10.6 Å². The monoisotopic (exact) mass is 286 g/mol. The first kappa shape index (κ1) is 15.2. The quantitative estimate of drug-likeness (QED) is 0.744. The van der Waals surface area contributed by atoms with Crippen molar-refractivity contribution in [3.63, 3.8) is 0 Å². The van der Waals surface area contributed by atoms with Gasteiger partial charge in [0.05, 0.1) is 14.8 Å². The molecule has 2 aromatic carbocycles. The highest BCUT2D eigenvalue weighted by molar-refractivity contribution is 7.68. The van der Waals surface area contributed by atoms with Crippen molar-refractivity contribution >= 4 is 18.8 Å². The second-order valence-electron chi connectivity index (χ2n) is 5.66. The van der Waals surface area contributed by atoms with Gasteiger partial charge in [-0.1, -0.05) is 61.4 Å². The van der Waals surface area contributed by atoms with E-state index in [0.717, 1.165) is 6.61 Å². The summed E-state index contributed by atoms with van der Waals surface area (Å²) in [6.45, 7) is 9.46. The molecule has 0 N–H and O–H groups in total. The maximum Gasteiger partial charge on any atom is 0.0917 e. The van der Waals surface area contributed by atoms with Crippen LogP contribution >= 0.6 is 8.15 Å². The average Bonchev–Trinajstić information content (AvgIpc) is 2.39. The third-order valence-corrected chi connectivity index (χ3v) is 4.91. The van der Waals surface area contributed by atoms with Gasteiger partial charge in [0.2, 0.25) is 0 Å². The van der Waals surface area contributed by atoms with Crippen LogP contribution in [0.1, 0.15) is 25.0 Å². The minimum Gasteiger partial charge on any atom is -0.349 e. The molecule has 106 valence electrons. The SMILES string of the molecule is Cc1cccc(P(OCC(C)C)c2cccc(C)c2)c1. The van der Waals surface area contributed by atoms with Gasteiger partial charge in [-0.2, -0.15) is 0 Å². The zero-order valence-corrected chi connectivity index (χ0v) is 13.7. The molecule has 0 atom stereocenters. The Kier molecular flexibility index (Phi) is 5.34. The van der Waals surface area contributed by atoms with E-state index in [2.05, 4.69) is 76.2 Å². The Bertz CT molecular complexity index is 517. The number of hydrogen-bond acceptors (Lipinski definition) is 1. The summed E-state index contributed by atoms with van der Waals surface area (Å²) in [5.41, 5.74) is 2.58. The molecule has 0 saturated carbocycles. The molecule has 0 amide bonds. The highest BCUT2D eigenvalue weighted by Crippen LogP contribution is 2.35. The van der Waals surface area contributed by atoms with Gasteiger partial charge in [-0.15, -0.1) is 0 Å². The Balaban J connectivity index is 2.34. The summed E-state index contributed by atoms with van der Waals surface area (Å²) < 4.78 is 6.25. The van der Waals surface area contributed by atoms with E-state index >= 15 is 0 Å². The van der Waals surface area contributed by atoms with Crippen molar-refractivity contribution in [3.05, 3.63) is 59.7 Å². The molecule has 0 bridgehead atoms. The number of hydrogen-bond donors (Lipinski definition) is 0. The van der Waals surface area contributed by atoms with Crippen molar-refractivity contribution in [1.82, 2.24) is 0 Å².